The lowest BCUT2D eigenvalue weighted by atomic mass is 9.78. The SMILES string of the molecule is NS(=O)(=O)c1ccc(C2C=CC=CC2(c2ccc(NC(=O)NCc3cccnc3)cc2)S(N)(=O)=O)cc1. The third kappa shape index (κ3) is 5.62. The Hall–Kier alpha value is -3.84. The van der Waals surface area contributed by atoms with Crippen molar-refractivity contribution in [3.8, 4) is 0 Å². The maximum atomic E-state index is 13.1. The van der Waals surface area contributed by atoms with E-state index in [9.17, 15) is 21.6 Å². The molecule has 2 atom stereocenters. The van der Waals surface area contributed by atoms with Crippen LogP contribution in [0.15, 0.2) is 102 Å². The van der Waals surface area contributed by atoms with Gasteiger partial charge >= 0.3 is 6.03 Å². The first-order valence-electron chi connectivity index (χ1n) is 11.1. The summed E-state index contributed by atoms with van der Waals surface area (Å²) in [6.45, 7) is 0.287. The number of allylic oxidation sites excluding steroid dienone is 3. The van der Waals surface area contributed by atoms with Crippen LogP contribution in [0, 0.1) is 0 Å². The van der Waals surface area contributed by atoms with Gasteiger partial charge in [0.05, 0.1) is 4.90 Å². The van der Waals surface area contributed by atoms with E-state index < -0.39 is 36.7 Å². The van der Waals surface area contributed by atoms with Crippen LogP contribution in [0.3, 0.4) is 0 Å². The van der Waals surface area contributed by atoms with Crippen molar-refractivity contribution in [2.75, 3.05) is 5.32 Å². The van der Waals surface area contributed by atoms with Gasteiger partial charge in [0.25, 0.3) is 0 Å². The number of sulfonamides is 2. The summed E-state index contributed by atoms with van der Waals surface area (Å²) in [7, 11) is -8.15. The smallest absolute Gasteiger partial charge is 0.319 e. The highest BCUT2D eigenvalue weighted by Crippen LogP contribution is 2.46. The van der Waals surface area contributed by atoms with Gasteiger partial charge in [0.1, 0.15) is 4.75 Å². The molecule has 1 aliphatic rings. The molecule has 0 bridgehead atoms. The number of nitrogens with zero attached hydrogens (tertiary/aromatic N) is 1. The molecular formula is C25H25N5O5S2. The summed E-state index contributed by atoms with van der Waals surface area (Å²) < 4.78 is 47.8. The maximum absolute atomic E-state index is 13.1. The Bertz CT molecular complexity index is 1550. The van der Waals surface area contributed by atoms with Crippen molar-refractivity contribution in [3.63, 3.8) is 0 Å². The van der Waals surface area contributed by atoms with Crippen LogP contribution in [0.5, 0.6) is 0 Å². The first kappa shape index (κ1) is 26.2. The number of amides is 2. The van der Waals surface area contributed by atoms with E-state index in [2.05, 4.69) is 15.6 Å². The topological polar surface area (TPSA) is 174 Å². The number of benzene rings is 2. The van der Waals surface area contributed by atoms with Gasteiger partial charge in [-0.05, 0) is 47.0 Å². The molecule has 1 aromatic heterocycles. The van der Waals surface area contributed by atoms with E-state index in [1.807, 2.05) is 6.07 Å². The Morgan fingerprint density at radius 2 is 1.65 bits per heavy atom. The molecule has 0 spiro atoms. The number of carbonyl (C=O) groups is 1. The second kappa shape index (κ2) is 10.3. The molecule has 0 aliphatic heterocycles. The van der Waals surface area contributed by atoms with E-state index in [-0.39, 0.29) is 11.4 Å². The van der Waals surface area contributed by atoms with Crippen molar-refractivity contribution in [2.45, 2.75) is 22.1 Å². The van der Waals surface area contributed by atoms with Gasteiger partial charge < -0.3 is 10.6 Å². The molecule has 4 rings (SSSR count). The van der Waals surface area contributed by atoms with E-state index >= 15 is 0 Å². The zero-order chi connectivity index (χ0) is 26.7. The van der Waals surface area contributed by atoms with Crippen molar-refractivity contribution in [1.82, 2.24) is 10.3 Å². The highest BCUT2D eigenvalue weighted by Gasteiger charge is 2.48. The van der Waals surface area contributed by atoms with Crippen molar-refractivity contribution < 1.29 is 21.6 Å². The van der Waals surface area contributed by atoms with Gasteiger partial charge in [-0.25, -0.2) is 31.9 Å². The molecule has 1 aliphatic carbocycles. The highest BCUT2D eigenvalue weighted by atomic mass is 32.2. The molecule has 0 fully saturated rings. The van der Waals surface area contributed by atoms with Crippen molar-refractivity contribution in [2.24, 2.45) is 10.3 Å². The number of rotatable bonds is 7. The minimum Gasteiger partial charge on any atom is -0.334 e. The van der Waals surface area contributed by atoms with Gasteiger partial charge in [0.2, 0.25) is 20.0 Å². The van der Waals surface area contributed by atoms with Crippen LogP contribution in [0.1, 0.15) is 22.6 Å². The minimum absolute atomic E-state index is 0.0926. The fourth-order valence-electron chi connectivity index (χ4n) is 4.23. The van der Waals surface area contributed by atoms with Crippen molar-refractivity contribution >= 4 is 31.8 Å². The van der Waals surface area contributed by atoms with E-state index in [1.54, 1.807) is 61.0 Å². The number of primary sulfonamides is 2. The Balaban J connectivity index is 1.61. The molecule has 2 unspecified atom stereocenters. The molecule has 0 radical (unpaired) electrons. The summed E-state index contributed by atoms with van der Waals surface area (Å²) in [4.78, 5) is 16.2. The average molecular weight is 540 g/mol. The van der Waals surface area contributed by atoms with Crippen LogP contribution in [-0.4, -0.2) is 27.9 Å². The lowest BCUT2D eigenvalue weighted by Crippen LogP contribution is -2.44. The fraction of sp³-hybridized carbons (Fsp3) is 0.120. The zero-order valence-electron chi connectivity index (χ0n) is 19.5. The first-order chi connectivity index (χ1) is 17.5. The van der Waals surface area contributed by atoms with Gasteiger partial charge in [0, 0.05) is 30.5 Å². The van der Waals surface area contributed by atoms with Crippen LogP contribution in [0.2, 0.25) is 0 Å². The maximum Gasteiger partial charge on any atom is 0.319 e. The number of urea groups is 1. The number of anilines is 1. The van der Waals surface area contributed by atoms with Gasteiger partial charge in [0.15, 0.2) is 0 Å². The molecular weight excluding hydrogens is 514 g/mol. The molecule has 0 saturated heterocycles. The summed E-state index contributed by atoms with van der Waals surface area (Å²) in [6.07, 6.45) is 9.77. The van der Waals surface area contributed by atoms with Crippen LogP contribution >= 0.6 is 0 Å². The summed E-state index contributed by atoms with van der Waals surface area (Å²) in [5.74, 6) is -0.761. The molecule has 0 saturated carbocycles. The lowest BCUT2D eigenvalue weighted by molar-refractivity contribution is 0.251. The van der Waals surface area contributed by atoms with Crippen molar-refractivity contribution in [3.05, 3.63) is 114 Å². The molecule has 1 heterocycles. The molecule has 12 heteroatoms. The van der Waals surface area contributed by atoms with Crippen LogP contribution in [0.4, 0.5) is 10.5 Å². The second-order valence-electron chi connectivity index (χ2n) is 8.42. The molecule has 10 nitrogen and oxygen atoms in total. The molecule has 2 amide bonds. The number of aromatic nitrogens is 1. The molecule has 37 heavy (non-hydrogen) atoms. The number of nitrogens with one attached hydrogen (secondary N) is 2. The Kier molecular flexibility index (Phi) is 7.28. The van der Waals surface area contributed by atoms with E-state index in [1.165, 1.54) is 30.3 Å². The summed E-state index contributed by atoms with van der Waals surface area (Å²) in [6, 6.07) is 15.2. The third-order valence-electron chi connectivity index (χ3n) is 6.03. The van der Waals surface area contributed by atoms with Gasteiger partial charge in [-0.15, -0.1) is 0 Å². The van der Waals surface area contributed by atoms with E-state index in [0.29, 0.717) is 16.8 Å². The number of pyridine rings is 1. The standard InChI is InChI=1S/C25H25N5O5S2/c26-36(32,33)22-12-6-19(7-13-22)23-5-1-2-14-25(23,37(27,34)35)20-8-10-21(11-9-20)30-24(31)29-17-18-4-3-15-28-16-18/h1-16,23H,17H2,(H2,26,32,33)(H2,27,34,35)(H2,29,30,31). The van der Waals surface area contributed by atoms with Crippen LogP contribution in [-0.2, 0) is 31.3 Å². The average Bonchev–Trinajstić information content (AvgIpc) is 2.87. The zero-order valence-corrected chi connectivity index (χ0v) is 21.1. The predicted octanol–water partition coefficient (Wildman–Crippen LogP) is 2.44. The number of carbonyl (C=O) groups excluding carboxylic acids is 1. The molecule has 6 N–H and O–H groups in total. The number of hydrogen-bond acceptors (Lipinski definition) is 6. The summed E-state index contributed by atoms with van der Waals surface area (Å²) >= 11 is 0. The number of nitrogens with two attached hydrogens (primary N) is 2. The minimum atomic E-state index is -4.24. The Morgan fingerprint density at radius 1 is 0.946 bits per heavy atom. The van der Waals surface area contributed by atoms with E-state index in [4.69, 9.17) is 10.3 Å². The predicted molar refractivity (Wildman–Crippen MR) is 140 cm³/mol. The molecule has 192 valence electrons. The van der Waals surface area contributed by atoms with E-state index in [0.717, 1.165) is 5.56 Å². The number of hydrogen-bond donors (Lipinski definition) is 4. The normalized spacial score (nSPS) is 19.4. The Labute approximate surface area is 215 Å². The summed E-state index contributed by atoms with van der Waals surface area (Å²) in [5.41, 5.74) is 2.18. The van der Waals surface area contributed by atoms with Crippen LogP contribution in [0.25, 0.3) is 0 Å². The quantitative estimate of drug-likeness (QED) is 0.359. The lowest BCUT2D eigenvalue weighted by Gasteiger charge is -2.37. The summed E-state index contributed by atoms with van der Waals surface area (Å²) in [5, 5.41) is 16.4. The first-order valence-corrected chi connectivity index (χ1v) is 14.2. The highest BCUT2D eigenvalue weighted by molar-refractivity contribution is 7.90. The largest absolute Gasteiger partial charge is 0.334 e. The van der Waals surface area contributed by atoms with Gasteiger partial charge in [-0.2, -0.15) is 0 Å². The van der Waals surface area contributed by atoms with Gasteiger partial charge in [-0.3, -0.25) is 4.98 Å². The molecule has 3 aromatic rings. The Morgan fingerprint density at radius 3 is 2.24 bits per heavy atom. The van der Waals surface area contributed by atoms with Gasteiger partial charge in [-0.1, -0.05) is 54.6 Å². The fourth-order valence-corrected chi connectivity index (χ4v) is 6.05. The van der Waals surface area contributed by atoms with Crippen LogP contribution < -0.4 is 20.9 Å². The van der Waals surface area contributed by atoms with Crippen molar-refractivity contribution in [1.29, 1.82) is 0 Å². The third-order valence-corrected chi connectivity index (χ3v) is 8.53. The second-order valence-corrected chi connectivity index (χ2v) is 11.7. The molecule has 2 aromatic carbocycles. The monoisotopic (exact) mass is 539 g/mol.